The van der Waals surface area contributed by atoms with Crippen LogP contribution in [0.3, 0.4) is 0 Å². The van der Waals surface area contributed by atoms with E-state index in [9.17, 15) is 22.4 Å². The second kappa shape index (κ2) is 7.28. The van der Waals surface area contributed by atoms with Crippen molar-refractivity contribution in [3.05, 3.63) is 65.5 Å². The predicted molar refractivity (Wildman–Crippen MR) is 94.5 cm³/mol. The molecule has 0 radical (unpaired) electrons. The quantitative estimate of drug-likeness (QED) is 0.569. The fourth-order valence-electron chi connectivity index (χ4n) is 2.54. The molecular weight excluding hydrogens is 375 g/mol. The SMILES string of the molecule is CN(CC(=O)OCC(=O)c1ccc(F)cc1)C1=NS(=O)(=O)c2ccccc21. The summed E-state index contributed by atoms with van der Waals surface area (Å²) >= 11 is 0. The number of carbonyl (C=O) groups excluding carboxylic acids is 2. The van der Waals surface area contributed by atoms with Crippen LogP contribution in [0, 0.1) is 5.82 Å². The third-order valence-electron chi connectivity index (χ3n) is 3.87. The van der Waals surface area contributed by atoms with Gasteiger partial charge in [-0.25, -0.2) is 4.39 Å². The second-order valence-corrected chi connectivity index (χ2v) is 7.41. The maximum atomic E-state index is 12.9. The second-order valence-electron chi connectivity index (χ2n) is 5.83. The Labute approximate surface area is 155 Å². The summed E-state index contributed by atoms with van der Waals surface area (Å²) in [6.07, 6.45) is 0. The van der Waals surface area contributed by atoms with Gasteiger partial charge >= 0.3 is 5.97 Å². The number of benzene rings is 2. The van der Waals surface area contributed by atoms with Crippen LogP contribution in [0.25, 0.3) is 0 Å². The van der Waals surface area contributed by atoms with Crippen molar-refractivity contribution in [2.24, 2.45) is 4.40 Å². The molecule has 0 saturated heterocycles. The zero-order valence-corrected chi connectivity index (χ0v) is 15.1. The van der Waals surface area contributed by atoms with Gasteiger partial charge in [0.15, 0.2) is 18.2 Å². The van der Waals surface area contributed by atoms with Gasteiger partial charge in [-0.05, 0) is 36.4 Å². The number of sulfonamides is 1. The van der Waals surface area contributed by atoms with Crippen LogP contribution in [-0.4, -0.2) is 51.1 Å². The molecule has 1 aliphatic rings. The van der Waals surface area contributed by atoms with Gasteiger partial charge in [0.1, 0.15) is 17.3 Å². The number of halogens is 1. The molecule has 0 spiro atoms. The van der Waals surface area contributed by atoms with E-state index < -0.39 is 34.2 Å². The summed E-state index contributed by atoms with van der Waals surface area (Å²) in [6, 6.07) is 11.2. The molecule has 0 fully saturated rings. The van der Waals surface area contributed by atoms with Crippen molar-refractivity contribution in [2.75, 3.05) is 20.2 Å². The number of amidine groups is 1. The molecule has 9 heteroatoms. The Bertz CT molecular complexity index is 1030. The molecule has 2 aromatic rings. The van der Waals surface area contributed by atoms with Crippen LogP contribution in [0.1, 0.15) is 15.9 Å². The monoisotopic (exact) mass is 390 g/mol. The molecular formula is C18H15FN2O5S. The molecule has 2 aromatic carbocycles. The number of likely N-dealkylation sites (N-methyl/N-ethyl adjacent to an activating group) is 1. The van der Waals surface area contributed by atoms with E-state index in [1.54, 1.807) is 18.2 Å². The predicted octanol–water partition coefficient (Wildman–Crippen LogP) is 1.63. The van der Waals surface area contributed by atoms with Gasteiger partial charge in [-0.3, -0.25) is 9.59 Å². The van der Waals surface area contributed by atoms with Crippen molar-refractivity contribution in [2.45, 2.75) is 4.90 Å². The normalized spacial score (nSPS) is 14.2. The van der Waals surface area contributed by atoms with E-state index in [4.69, 9.17) is 4.74 Å². The Morgan fingerprint density at radius 1 is 1.11 bits per heavy atom. The molecule has 27 heavy (non-hydrogen) atoms. The third kappa shape index (κ3) is 4.03. The lowest BCUT2D eigenvalue weighted by atomic mass is 10.1. The first-order valence-electron chi connectivity index (χ1n) is 7.88. The first kappa shape index (κ1) is 18.7. The third-order valence-corrected chi connectivity index (χ3v) is 5.20. The summed E-state index contributed by atoms with van der Waals surface area (Å²) in [5.41, 5.74) is 0.618. The molecule has 0 saturated carbocycles. The average molecular weight is 390 g/mol. The molecule has 0 atom stereocenters. The summed E-state index contributed by atoms with van der Waals surface area (Å²) in [4.78, 5) is 25.3. The number of ketones is 1. The van der Waals surface area contributed by atoms with Crippen LogP contribution in [0.2, 0.25) is 0 Å². The molecule has 3 rings (SSSR count). The van der Waals surface area contributed by atoms with Crippen molar-refractivity contribution >= 4 is 27.6 Å². The van der Waals surface area contributed by atoms with Crippen molar-refractivity contribution in [1.29, 1.82) is 0 Å². The van der Waals surface area contributed by atoms with E-state index in [0.29, 0.717) is 5.56 Å². The van der Waals surface area contributed by atoms with Crippen LogP contribution in [-0.2, 0) is 19.6 Å². The summed E-state index contributed by atoms with van der Waals surface area (Å²) in [5.74, 6) is -1.54. The van der Waals surface area contributed by atoms with Gasteiger partial charge in [-0.15, -0.1) is 4.40 Å². The number of nitrogens with zero attached hydrogens (tertiary/aromatic N) is 2. The smallest absolute Gasteiger partial charge is 0.326 e. The number of esters is 1. The van der Waals surface area contributed by atoms with Gasteiger partial charge in [-0.2, -0.15) is 8.42 Å². The minimum absolute atomic E-state index is 0.0757. The lowest BCUT2D eigenvalue weighted by Gasteiger charge is -2.17. The van der Waals surface area contributed by atoms with Crippen LogP contribution in [0.4, 0.5) is 4.39 Å². The van der Waals surface area contributed by atoms with E-state index in [2.05, 4.69) is 4.40 Å². The molecule has 1 heterocycles. The number of fused-ring (bicyclic) bond motifs is 1. The largest absolute Gasteiger partial charge is 0.456 e. The summed E-state index contributed by atoms with van der Waals surface area (Å²) in [6.45, 7) is -0.793. The van der Waals surface area contributed by atoms with E-state index in [1.807, 2.05) is 0 Å². The molecule has 0 unspecified atom stereocenters. The number of Topliss-reactive ketones (excluding diaryl/α,β-unsaturated/α-hetero) is 1. The Hall–Kier alpha value is -3.07. The zero-order valence-electron chi connectivity index (χ0n) is 14.3. The number of hydrogen-bond acceptors (Lipinski definition) is 6. The highest BCUT2D eigenvalue weighted by Crippen LogP contribution is 2.26. The lowest BCUT2D eigenvalue weighted by molar-refractivity contribution is -0.142. The topological polar surface area (TPSA) is 93.1 Å². The summed E-state index contributed by atoms with van der Waals surface area (Å²) in [7, 11) is -2.29. The minimum Gasteiger partial charge on any atom is -0.456 e. The van der Waals surface area contributed by atoms with Crippen LogP contribution < -0.4 is 0 Å². The fourth-order valence-corrected chi connectivity index (χ4v) is 3.79. The fraction of sp³-hybridized carbons (Fsp3) is 0.167. The van der Waals surface area contributed by atoms with Crippen molar-refractivity contribution < 1.29 is 27.1 Å². The van der Waals surface area contributed by atoms with E-state index in [0.717, 1.165) is 12.1 Å². The number of rotatable bonds is 5. The van der Waals surface area contributed by atoms with E-state index >= 15 is 0 Å². The highest BCUT2D eigenvalue weighted by atomic mass is 32.2. The zero-order chi connectivity index (χ0) is 19.6. The molecule has 0 amide bonds. The number of ether oxygens (including phenoxy) is 1. The van der Waals surface area contributed by atoms with Crippen LogP contribution in [0.5, 0.6) is 0 Å². The van der Waals surface area contributed by atoms with Gasteiger partial charge in [0, 0.05) is 18.2 Å². The van der Waals surface area contributed by atoms with Crippen LogP contribution >= 0.6 is 0 Å². The number of carbonyl (C=O) groups is 2. The van der Waals surface area contributed by atoms with Crippen molar-refractivity contribution in [3.8, 4) is 0 Å². The van der Waals surface area contributed by atoms with Gasteiger partial charge in [0.2, 0.25) is 0 Å². The maximum absolute atomic E-state index is 12.9. The standard InChI is InChI=1S/C18H15FN2O5S/c1-21(18-14-4-2-3-5-16(14)27(24,25)20-18)10-17(23)26-11-15(22)12-6-8-13(19)9-7-12/h2-9H,10-11H2,1H3. The number of hydrogen-bond donors (Lipinski definition) is 0. The Morgan fingerprint density at radius 3 is 2.48 bits per heavy atom. The van der Waals surface area contributed by atoms with Gasteiger partial charge in [-0.1, -0.05) is 12.1 Å². The molecule has 0 bridgehead atoms. The molecule has 0 aliphatic carbocycles. The molecule has 7 nitrogen and oxygen atoms in total. The Balaban J connectivity index is 1.62. The van der Waals surface area contributed by atoms with E-state index in [-0.39, 0.29) is 22.8 Å². The van der Waals surface area contributed by atoms with Gasteiger partial charge in [0.05, 0.1) is 0 Å². The molecule has 1 aliphatic heterocycles. The summed E-state index contributed by atoms with van der Waals surface area (Å²) < 4.78 is 45.6. The summed E-state index contributed by atoms with van der Waals surface area (Å²) in [5, 5.41) is 0. The highest BCUT2D eigenvalue weighted by molar-refractivity contribution is 7.90. The maximum Gasteiger partial charge on any atom is 0.326 e. The van der Waals surface area contributed by atoms with E-state index in [1.165, 1.54) is 30.1 Å². The average Bonchev–Trinajstić information content (AvgIpc) is 2.92. The van der Waals surface area contributed by atoms with Gasteiger partial charge < -0.3 is 9.64 Å². The highest BCUT2D eigenvalue weighted by Gasteiger charge is 2.31. The first-order chi connectivity index (χ1) is 12.8. The van der Waals surface area contributed by atoms with Crippen LogP contribution in [0.15, 0.2) is 57.8 Å². The Morgan fingerprint density at radius 2 is 1.78 bits per heavy atom. The van der Waals surface area contributed by atoms with Crippen molar-refractivity contribution in [3.63, 3.8) is 0 Å². The van der Waals surface area contributed by atoms with Gasteiger partial charge in [0.25, 0.3) is 10.0 Å². The Kier molecular flexibility index (Phi) is 5.04. The minimum atomic E-state index is -3.79. The molecule has 140 valence electrons. The van der Waals surface area contributed by atoms with Crippen molar-refractivity contribution in [1.82, 2.24) is 4.90 Å². The first-order valence-corrected chi connectivity index (χ1v) is 9.32. The molecule has 0 N–H and O–H groups in total. The lowest BCUT2D eigenvalue weighted by Crippen LogP contribution is -2.33. The molecule has 0 aromatic heterocycles.